The molecule has 0 aromatic heterocycles. The van der Waals surface area contributed by atoms with Crippen molar-refractivity contribution in [3.05, 3.63) is 65.7 Å². The van der Waals surface area contributed by atoms with Gasteiger partial charge in [0.25, 0.3) is 0 Å². The number of ether oxygens (including phenoxy) is 1. The number of aliphatic hydroxyl groups excluding tert-OH is 1. The van der Waals surface area contributed by atoms with Gasteiger partial charge in [-0.25, -0.2) is 4.79 Å². The number of aliphatic hydroxyl groups is 1. The summed E-state index contributed by atoms with van der Waals surface area (Å²) in [4.78, 5) is 12.0. The van der Waals surface area contributed by atoms with E-state index in [1.165, 1.54) is 0 Å². The van der Waals surface area contributed by atoms with Crippen LogP contribution in [-0.2, 0) is 6.61 Å². The Morgan fingerprint density at radius 3 is 2.68 bits per heavy atom. The second kappa shape index (κ2) is 8.00. The Hall–Kier alpha value is -2.59. The summed E-state index contributed by atoms with van der Waals surface area (Å²) < 4.78 is 5.21. The molecule has 22 heavy (non-hydrogen) atoms. The van der Waals surface area contributed by atoms with Gasteiger partial charge in [-0.1, -0.05) is 43.3 Å². The minimum atomic E-state index is -0.547. The SMILES string of the molecule is CC/C=C/c1cc(CO)ccc1NC(=O)Oc1ccccc1. The lowest BCUT2D eigenvalue weighted by molar-refractivity contribution is 0.215. The second-order valence-corrected chi connectivity index (χ2v) is 4.72. The smallest absolute Gasteiger partial charge is 0.410 e. The fourth-order valence-electron chi connectivity index (χ4n) is 1.94. The molecule has 1 amide bonds. The molecule has 0 atom stereocenters. The normalized spacial score (nSPS) is 10.6. The molecular formula is C18H19NO3. The summed E-state index contributed by atoms with van der Waals surface area (Å²) in [6.45, 7) is 1.99. The number of para-hydroxylation sites is 1. The Morgan fingerprint density at radius 2 is 2.00 bits per heavy atom. The van der Waals surface area contributed by atoms with Crippen LogP contribution in [-0.4, -0.2) is 11.2 Å². The second-order valence-electron chi connectivity index (χ2n) is 4.72. The van der Waals surface area contributed by atoms with Gasteiger partial charge < -0.3 is 9.84 Å². The van der Waals surface area contributed by atoms with E-state index in [1.807, 2.05) is 31.2 Å². The minimum Gasteiger partial charge on any atom is -0.410 e. The van der Waals surface area contributed by atoms with Crippen molar-refractivity contribution in [1.82, 2.24) is 0 Å². The number of anilines is 1. The van der Waals surface area contributed by atoms with E-state index < -0.39 is 6.09 Å². The maximum Gasteiger partial charge on any atom is 0.417 e. The van der Waals surface area contributed by atoms with Gasteiger partial charge >= 0.3 is 6.09 Å². The lowest BCUT2D eigenvalue weighted by Crippen LogP contribution is -2.17. The Kier molecular flexibility index (Phi) is 5.74. The summed E-state index contributed by atoms with van der Waals surface area (Å²) in [5.41, 5.74) is 2.26. The van der Waals surface area contributed by atoms with Crippen molar-refractivity contribution >= 4 is 17.9 Å². The first-order valence-electron chi connectivity index (χ1n) is 7.17. The zero-order chi connectivity index (χ0) is 15.8. The number of carbonyl (C=O) groups excluding carboxylic acids is 1. The quantitative estimate of drug-likeness (QED) is 0.869. The Labute approximate surface area is 130 Å². The van der Waals surface area contributed by atoms with Crippen molar-refractivity contribution in [3.8, 4) is 5.75 Å². The van der Waals surface area contributed by atoms with E-state index in [4.69, 9.17) is 4.74 Å². The summed E-state index contributed by atoms with van der Waals surface area (Å²) in [6.07, 6.45) is 4.24. The largest absolute Gasteiger partial charge is 0.417 e. The van der Waals surface area contributed by atoms with E-state index in [0.717, 1.165) is 17.5 Å². The molecule has 0 spiro atoms. The number of amides is 1. The predicted octanol–water partition coefficient (Wildman–Crippen LogP) is 4.21. The maximum absolute atomic E-state index is 12.0. The van der Waals surface area contributed by atoms with Gasteiger partial charge in [0.2, 0.25) is 0 Å². The van der Waals surface area contributed by atoms with Gasteiger partial charge in [-0.15, -0.1) is 0 Å². The van der Waals surface area contributed by atoms with Crippen LogP contribution in [0.3, 0.4) is 0 Å². The standard InChI is InChI=1S/C18H19NO3/c1-2-3-7-15-12-14(13-20)10-11-17(15)19-18(21)22-16-8-5-4-6-9-16/h3-12,20H,2,13H2,1H3,(H,19,21)/b7-3+. The van der Waals surface area contributed by atoms with Crippen LogP contribution in [0.4, 0.5) is 10.5 Å². The van der Waals surface area contributed by atoms with Crippen molar-refractivity contribution in [1.29, 1.82) is 0 Å². The summed E-state index contributed by atoms with van der Waals surface area (Å²) in [6, 6.07) is 14.2. The highest BCUT2D eigenvalue weighted by Gasteiger charge is 2.08. The van der Waals surface area contributed by atoms with E-state index in [1.54, 1.807) is 36.4 Å². The third-order valence-corrected chi connectivity index (χ3v) is 3.02. The lowest BCUT2D eigenvalue weighted by atomic mass is 10.1. The zero-order valence-corrected chi connectivity index (χ0v) is 12.5. The molecule has 2 N–H and O–H groups in total. The average Bonchev–Trinajstić information content (AvgIpc) is 2.54. The van der Waals surface area contributed by atoms with Gasteiger partial charge in [0.15, 0.2) is 0 Å². The average molecular weight is 297 g/mol. The monoisotopic (exact) mass is 297 g/mol. The fraction of sp³-hybridized carbons (Fsp3) is 0.167. The molecule has 2 aromatic carbocycles. The molecule has 0 fully saturated rings. The molecule has 114 valence electrons. The topological polar surface area (TPSA) is 58.6 Å². The maximum atomic E-state index is 12.0. The van der Waals surface area contributed by atoms with Crippen molar-refractivity contribution in [2.45, 2.75) is 20.0 Å². The van der Waals surface area contributed by atoms with Crippen LogP contribution in [0.2, 0.25) is 0 Å². The van der Waals surface area contributed by atoms with Crippen molar-refractivity contribution in [2.24, 2.45) is 0 Å². The molecule has 4 nitrogen and oxygen atoms in total. The van der Waals surface area contributed by atoms with E-state index >= 15 is 0 Å². The molecule has 2 aromatic rings. The molecule has 0 saturated heterocycles. The number of carbonyl (C=O) groups is 1. The van der Waals surface area contributed by atoms with Gasteiger partial charge in [-0.3, -0.25) is 5.32 Å². The van der Waals surface area contributed by atoms with Gasteiger partial charge in [0.1, 0.15) is 5.75 Å². The summed E-state index contributed by atoms with van der Waals surface area (Å²) in [7, 11) is 0. The minimum absolute atomic E-state index is 0.0400. The third kappa shape index (κ3) is 4.46. The fourth-order valence-corrected chi connectivity index (χ4v) is 1.94. The van der Waals surface area contributed by atoms with Crippen molar-refractivity contribution < 1.29 is 14.6 Å². The van der Waals surface area contributed by atoms with Gasteiger partial charge in [-0.05, 0) is 41.8 Å². The van der Waals surface area contributed by atoms with E-state index in [9.17, 15) is 9.90 Å². The van der Waals surface area contributed by atoms with Crippen molar-refractivity contribution in [2.75, 3.05) is 5.32 Å². The van der Waals surface area contributed by atoms with Crippen LogP contribution >= 0.6 is 0 Å². The van der Waals surface area contributed by atoms with Gasteiger partial charge in [0, 0.05) is 0 Å². The molecule has 0 heterocycles. The summed E-state index contributed by atoms with van der Waals surface area (Å²) in [5.74, 6) is 0.484. The molecule has 0 saturated carbocycles. The first-order chi connectivity index (χ1) is 10.7. The highest BCUT2D eigenvalue weighted by molar-refractivity contribution is 5.89. The number of benzene rings is 2. The Bertz CT molecular complexity index is 651. The third-order valence-electron chi connectivity index (χ3n) is 3.02. The van der Waals surface area contributed by atoms with Crippen LogP contribution in [0.25, 0.3) is 6.08 Å². The number of allylic oxidation sites excluding steroid dienone is 1. The lowest BCUT2D eigenvalue weighted by Gasteiger charge is -2.10. The molecule has 0 bridgehead atoms. The van der Waals surface area contributed by atoms with Crippen molar-refractivity contribution in [3.63, 3.8) is 0 Å². The predicted molar refractivity (Wildman–Crippen MR) is 87.8 cm³/mol. The molecule has 2 rings (SSSR count). The zero-order valence-electron chi connectivity index (χ0n) is 12.5. The van der Waals surface area contributed by atoms with E-state index in [2.05, 4.69) is 5.32 Å². The molecule has 0 aliphatic carbocycles. The van der Waals surface area contributed by atoms with E-state index in [-0.39, 0.29) is 6.61 Å². The van der Waals surface area contributed by atoms with Gasteiger partial charge in [-0.2, -0.15) is 0 Å². The Morgan fingerprint density at radius 1 is 1.23 bits per heavy atom. The van der Waals surface area contributed by atoms with Crippen LogP contribution in [0.1, 0.15) is 24.5 Å². The summed E-state index contributed by atoms with van der Waals surface area (Å²) in [5, 5.41) is 11.9. The van der Waals surface area contributed by atoms with Gasteiger partial charge in [0.05, 0.1) is 12.3 Å². The number of rotatable bonds is 5. The first-order valence-corrected chi connectivity index (χ1v) is 7.17. The highest BCUT2D eigenvalue weighted by atomic mass is 16.6. The number of nitrogens with one attached hydrogen (secondary N) is 1. The van der Waals surface area contributed by atoms with Crippen LogP contribution in [0.15, 0.2) is 54.6 Å². The molecule has 0 aliphatic heterocycles. The highest BCUT2D eigenvalue weighted by Crippen LogP contribution is 2.20. The molecule has 0 aliphatic rings. The molecule has 0 unspecified atom stereocenters. The van der Waals surface area contributed by atoms with Crippen LogP contribution < -0.4 is 10.1 Å². The Balaban J connectivity index is 2.14. The number of hydrogen-bond donors (Lipinski definition) is 2. The first kappa shape index (κ1) is 15.8. The molecular weight excluding hydrogens is 278 g/mol. The summed E-state index contributed by atoms with van der Waals surface area (Å²) >= 11 is 0. The molecule has 0 radical (unpaired) electrons. The molecule has 4 heteroatoms. The van der Waals surface area contributed by atoms with Crippen LogP contribution in [0, 0.1) is 0 Å². The van der Waals surface area contributed by atoms with Crippen LogP contribution in [0.5, 0.6) is 5.75 Å². The van der Waals surface area contributed by atoms with E-state index in [0.29, 0.717) is 11.4 Å². The number of hydrogen-bond acceptors (Lipinski definition) is 3.